The van der Waals surface area contributed by atoms with Gasteiger partial charge in [0.15, 0.2) is 11.6 Å². The van der Waals surface area contributed by atoms with Crippen molar-refractivity contribution in [3.05, 3.63) is 35.4 Å². The van der Waals surface area contributed by atoms with Crippen LogP contribution in [0.25, 0.3) is 0 Å². The van der Waals surface area contributed by atoms with Gasteiger partial charge in [0.2, 0.25) is 0 Å². The number of methoxy groups -OCH3 is 1. The van der Waals surface area contributed by atoms with E-state index in [9.17, 15) is 8.78 Å². The molecule has 0 saturated heterocycles. The summed E-state index contributed by atoms with van der Waals surface area (Å²) in [5, 5.41) is 3.07. The third-order valence-electron chi connectivity index (χ3n) is 2.51. The van der Waals surface area contributed by atoms with Crippen molar-refractivity contribution in [1.29, 1.82) is 0 Å². The molecule has 0 radical (unpaired) electrons. The number of nitrogens with one attached hydrogen (secondary N) is 1. The van der Waals surface area contributed by atoms with E-state index in [1.807, 2.05) is 13.8 Å². The molecule has 1 N–H and O–H groups in total. The van der Waals surface area contributed by atoms with Crippen LogP contribution in [0.4, 0.5) is 8.78 Å². The molecular weight excluding hydrogens is 212 g/mol. The third kappa shape index (κ3) is 3.25. The second-order valence-electron chi connectivity index (χ2n) is 4.37. The van der Waals surface area contributed by atoms with Gasteiger partial charge in [0.05, 0.1) is 6.73 Å². The Hall–Kier alpha value is -1.00. The summed E-state index contributed by atoms with van der Waals surface area (Å²) >= 11 is 0. The van der Waals surface area contributed by atoms with Gasteiger partial charge in [-0.3, -0.25) is 5.32 Å². The van der Waals surface area contributed by atoms with E-state index in [1.54, 1.807) is 13.2 Å². The lowest BCUT2D eigenvalue weighted by atomic mass is 9.84. The highest BCUT2D eigenvalue weighted by Crippen LogP contribution is 2.23. The molecule has 0 bridgehead atoms. The standard InChI is InChI=1S/C12H17F2NO/c1-12(2,7-15-8-16-3)9-4-5-10(13)11(14)6-9/h4-6,15H,7-8H2,1-3H3. The van der Waals surface area contributed by atoms with Crippen molar-refractivity contribution in [3.63, 3.8) is 0 Å². The van der Waals surface area contributed by atoms with Gasteiger partial charge in [0.25, 0.3) is 0 Å². The quantitative estimate of drug-likeness (QED) is 0.618. The first-order valence-electron chi connectivity index (χ1n) is 5.12. The first kappa shape index (κ1) is 13.1. The molecule has 90 valence electrons. The number of hydrogen-bond acceptors (Lipinski definition) is 2. The summed E-state index contributed by atoms with van der Waals surface area (Å²) in [6.07, 6.45) is 0. The lowest BCUT2D eigenvalue weighted by molar-refractivity contribution is 0.169. The largest absolute Gasteiger partial charge is 0.370 e. The molecule has 1 aromatic rings. The van der Waals surface area contributed by atoms with Crippen molar-refractivity contribution in [3.8, 4) is 0 Å². The zero-order valence-corrected chi connectivity index (χ0v) is 9.81. The van der Waals surface area contributed by atoms with Gasteiger partial charge < -0.3 is 4.74 Å². The van der Waals surface area contributed by atoms with Crippen LogP contribution >= 0.6 is 0 Å². The van der Waals surface area contributed by atoms with Crippen molar-refractivity contribution in [2.75, 3.05) is 20.4 Å². The van der Waals surface area contributed by atoms with E-state index >= 15 is 0 Å². The topological polar surface area (TPSA) is 21.3 Å². The van der Waals surface area contributed by atoms with Crippen LogP contribution < -0.4 is 5.32 Å². The minimum Gasteiger partial charge on any atom is -0.370 e. The van der Waals surface area contributed by atoms with Gasteiger partial charge in [0.1, 0.15) is 0 Å². The van der Waals surface area contributed by atoms with Crippen molar-refractivity contribution in [2.45, 2.75) is 19.3 Å². The molecule has 0 heterocycles. The molecule has 0 spiro atoms. The van der Waals surface area contributed by atoms with Gasteiger partial charge in [-0.15, -0.1) is 0 Å². The second kappa shape index (κ2) is 5.37. The molecule has 0 saturated carbocycles. The van der Waals surface area contributed by atoms with Crippen LogP contribution in [0.2, 0.25) is 0 Å². The number of halogens is 2. The first-order valence-corrected chi connectivity index (χ1v) is 5.12. The smallest absolute Gasteiger partial charge is 0.159 e. The number of hydrogen-bond donors (Lipinski definition) is 1. The molecule has 1 rings (SSSR count). The van der Waals surface area contributed by atoms with Gasteiger partial charge in [-0.1, -0.05) is 19.9 Å². The van der Waals surface area contributed by atoms with Crippen LogP contribution in [-0.2, 0) is 10.2 Å². The summed E-state index contributed by atoms with van der Waals surface area (Å²) in [6.45, 7) is 4.99. The van der Waals surface area contributed by atoms with Crippen LogP contribution in [0.1, 0.15) is 19.4 Å². The highest BCUT2D eigenvalue weighted by atomic mass is 19.2. The van der Waals surface area contributed by atoms with Gasteiger partial charge in [-0.25, -0.2) is 8.78 Å². The lowest BCUT2D eigenvalue weighted by Crippen LogP contribution is -2.34. The molecule has 0 fully saturated rings. The molecule has 0 aromatic heterocycles. The van der Waals surface area contributed by atoms with Crippen LogP contribution in [-0.4, -0.2) is 20.4 Å². The van der Waals surface area contributed by atoms with Crippen LogP contribution in [0.15, 0.2) is 18.2 Å². The predicted molar refractivity (Wildman–Crippen MR) is 59.3 cm³/mol. The predicted octanol–water partition coefficient (Wildman–Crippen LogP) is 2.44. The van der Waals surface area contributed by atoms with Crippen LogP contribution in [0.5, 0.6) is 0 Å². The van der Waals surface area contributed by atoms with Gasteiger partial charge in [0, 0.05) is 19.1 Å². The molecular formula is C12H17F2NO. The average Bonchev–Trinajstić information content (AvgIpc) is 2.22. The van der Waals surface area contributed by atoms with E-state index in [0.717, 1.165) is 11.6 Å². The monoisotopic (exact) mass is 229 g/mol. The van der Waals surface area contributed by atoms with E-state index in [2.05, 4.69) is 5.32 Å². The second-order valence-corrected chi connectivity index (χ2v) is 4.37. The maximum Gasteiger partial charge on any atom is 0.159 e. The molecule has 0 aliphatic carbocycles. The third-order valence-corrected chi connectivity index (χ3v) is 2.51. The van der Waals surface area contributed by atoms with E-state index < -0.39 is 11.6 Å². The Balaban J connectivity index is 2.76. The molecule has 1 aromatic carbocycles. The van der Waals surface area contributed by atoms with Gasteiger partial charge in [-0.2, -0.15) is 0 Å². The minimum absolute atomic E-state index is 0.271. The summed E-state index contributed by atoms with van der Waals surface area (Å²) in [5.41, 5.74) is 0.488. The molecule has 0 amide bonds. The summed E-state index contributed by atoms with van der Waals surface area (Å²) in [4.78, 5) is 0. The Labute approximate surface area is 94.6 Å². The maximum absolute atomic E-state index is 13.1. The normalized spacial score (nSPS) is 11.8. The Bertz CT molecular complexity index is 353. The van der Waals surface area contributed by atoms with Gasteiger partial charge in [-0.05, 0) is 17.7 Å². The Morgan fingerprint density at radius 3 is 2.50 bits per heavy atom. The van der Waals surface area contributed by atoms with E-state index in [1.165, 1.54) is 6.07 Å². The van der Waals surface area contributed by atoms with Crippen molar-refractivity contribution in [2.24, 2.45) is 0 Å². The SMILES string of the molecule is COCNCC(C)(C)c1ccc(F)c(F)c1. The molecule has 0 aliphatic heterocycles. The summed E-state index contributed by atoms with van der Waals surface area (Å²) < 4.78 is 30.7. The van der Waals surface area contributed by atoms with Crippen LogP contribution in [0.3, 0.4) is 0 Å². The Morgan fingerprint density at radius 2 is 1.94 bits per heavy atom. The van der Waals surface area contributed by atoms with E-state index in [4.69, 9.17) is 4.74 Å². The highest BCUT2D eigenvalue weighted by molar-refractivity contribution is 5.25. The number of ether oxygens (including phenoxy) is 1. The Kier molecular flexibility index (Phi) is 4.38. The molecule has 16 heavy (non-hydrogen) atoms. The van der Waals surface area contributed by atoms with Crippen molar-refractivity contribution < 1.29 is 13.5 Å². The average molecular weight is 229 g/mol. The maximum atomic E-state index is 13.1. The zero-order chi connectivity index (χ0) is 12.2. The van der Waals surface area contributed by atoms with Gasteiger partial charge >= 0.3 is 0 Å². The molecule has 4 heteroatoms. The van der Waals surface area contributed by atoms with Crippen LogP contribution in [0, 0.1) is 11.6 Å². The molecule has 0 unspecified atom stereocenters. The summed E-state index contributed by atoms with van der Waals surface area (Å²) in [5.74, 6) is -1.62. The molecule has 0 aliphatic rings. The van der Waals surface area contributed by atoms with Crippen molar-refractivity contribution in [1.82, 2.24) is 5.32 Å². The fourth-order valence-corrected chi connectivity index (χ4v) is 1.48. The summed E-state index contributed by atoms with van der Waals surface area (Å²) in [7, 11) is 1.59. The zero-order valence-electron chi connectivity index (χ0n) is 9.81. The Morgan fingerprint density at radius 1 is 1.25 bits per heavy atom. The fourth-order valence-electron chi connectivity index (χ4n) is 1.48. The summed E-state index contributed by atoms with van der Waals surface area (Å²) in [6, 6.07) is 4.00. The van der Waals surface area contributed by atoms with E-state index in [-0.39, 0.29) is 5.41 Å². The van der Waals surface area contributed by atoms with Crippen molar-refractivity contribution >= 4 is 0 Å². The molecule has 2 nitrogen and oxygen atoms in total. The first-order chi connectivity index (χ1) is 7.47. The minimum atomic E-state index is -0.815. The fraction of sp³-hybridized carbons (Fsp3) is 0.500. The number of benzene rings is 1. The molecule has 0 atom stereocenters. The lowest BCUT2D eigenvalue weighted by Gasteiger charge is -2.25. The highest BCUT2D eigenvalue weighted by Gasteiger charge is 2.21. The number of rotatable bonds is 5. The van der Waals surface area contributed by atoms with E-state index in [0.29, 0.717) is 13.3 Å².